The molecular weight excluding hydrogens is 1500 g/mol. The number of benzene rings is 4. The molecule has 0 spiro atoms. The number of phenolic OH excluding ortho intramolecular Hbond substituents is 1. The van der Waals surface area contributed by atoms with Crippen LogP contribution in [0.1, 0.15) is 74.5 Å². The number of aryl methyl sites for hydroxylation is 1. The number of carboxylic acids is 3. The van der Waals surface area contributed by atoms with Gasteiger partial charge in [0.2, 0.25) is 59.1 Å². The van der Waals surface area contributed by atoms with Gasteiger partial charge in [0.25, 0.3) is 0 Å². The molecule has 35 heteroatoms. The number of carbonyl (C=O) groups is 13. The summed E-state index contributed by atoms with van der Waals surface area (Å²) in [5.41, 5.74) is 13.4. The van der Waals surface area contributed by atoms with Crippen molar-refractivity contribution in [3.63, 3.8) is 0 Å². The van der Waals surface area contributed by atoms with Crippen LogP contribution in [0.2, 0.25) is 0 Å². The number of nitrogens with one attached hydrogen (secondary N) is 9. The van der Waals surface area contributed by atoms with Crippen molar-refractivity contribution in [2.75, 3.05) is 125 Å². The van der Waals surface area contributed by atoms with E-state index in [0.717, 1.165) is 24.8 Å². The number of halogens is 1. The maximum absolute atomic E-state index is 14.7. The third-order valence-corrected chi connectivity index (χ3v) is 18.6. The van der Waals surface area contributed by atoms with E-state index in [1.807, 2.05) is 60.7 Å². The second kappa shape index (κ2) is 45.4. The molecule has 17 N–H and O–H groups in total. The Labute approximate surface area is 633 Å². The number of unbranched alkanes of at least 4 members (excludes halogenated alkanes) is 1. The second-order valence-electron chi connectivity index (χ2n) is 26.3. The van der Waals surface area contributed by atoms with E-state index in [2.05, 4.69) is 75.4 Å². The summed E-state index contributed by atoms with van der Waals surface area (Å²) in [6.07, 6.45) is 1.78. The molecule has 10 amide bonds. The number of likely N-dealkylation sites (N-methyl/N-ethyl adjacent to an activating group) is 1. The summed E-state index contributed by atoms with van der Waals surface area (Å²) >= 11 is 2.20. The first-order chi connectivity index (χ1) is 51.2. The number of carboxylic acid groups (broad SMARTS) is 3. The number of nitrogens with zero attached hydrogens (tertiary/aromatic N) is 6. The highest BCUT2D eigenvalue weighted by Gasteiger charge is 2.36. The van der Waals surface area contributed by atoms with Crippen molar-refractivity contribution in [2.24, 2.45) is 16.5 Å². The van der Waals surface area contributed by atoms with Gasteiger partial charge in [-0.05, 0) is 132 Å². The summed E-state index contributed by atoms with van der Waals surface area (Å²) in [6, 6.07) is 20.4. The summed E-state index contributed by atoms with van der Waals surface area (Å²) in [7, 11) is 1.34. The van der Waals surface area contributed by atoms with Crippen LogP contribution in [0, 0.1) is 3.57 Å². The maximum atomic E-state index is 14.7. The van der Waals surface area contributed by atoms with E-state index in [-0.39, 0.29) is 167 Å². The fourth-order valence-corrected chi connectivity index (χ4v) is 12.5. The minimum atomic E-state index is -1.36. The van der Waals surface area contributed by atoms with E-state index in [1.165, 1.54) is 19.2 Å². The van der Waals surface area contributed by atoms with Gasteiger partial charge in [0.1, 0.15) is 36.0 Å². The predicted octanol–water partition coefficient (Wildman–Crippen LogP) is -2.20. The lowest BCUT2D eigenvalue weighted by Gasteiger charge is -2.32. The Morgan fingerprint density at radius 3 is 1.71 bits per heavy atom. The van der Waals surface area contributed by atoms with Crippen LogP contribution >= 0.6 is 22.6 Å². The number of hydrogen-bond donors (Lipinski definition) is 15. The van der Waals surface area contributed by atoms with Crippen LogP contribution in [0.3, 0.4) is 0 Å². The molecule has 4 aromatic rings. The Bertz CT molecular complexity index is 3690. The van der Waals surface area contributed by atoms with Crippen molar-refractivity contribution in [2.45, 2.75) is 107 Å². The monoisotopic (exact) mass is 1600 g/mol. The number of fused-ring (bicyclic) bond motifs is 1. The molecule has 1 unspecified atom stereocenters. The van der Waals surface area contributed by atoms with Gasteiger partial charge in [0, 0.05) is 102 Å². The molecular formula is C72H100IN17O17. The lowest BCUT2D eigenvalue weighted by Crippen LogP contribution is -2.58. The topological polar surface area (TPSA) is 492 Å². The van der Waals surface area contributed by atoms with E-state index in [9.17, 15) is 82.8 Å². The zero-order chi connectivity index (χ0) is 77.8. The minimum Gasteiger partial charge on any atom is -0.508 e. The minimum absolute atomic E-state index is 0.0271. The first kappa shape index (κ1) is 85.8. The number of aliphatic imine (C=N–C) groups is 1. The summed E-state index contributed by atoms with van der Waals surface area (Å²) in [4.78, 5) is 186. The molecule has 0 aliphatic carbocycles. The van der Waals surface area contributed by atoms with Gasteiger partial charge in [-0.2, -0.15) is 0 Å². The highest BCUT2D eigenvalue weighted by molar-refractivity contribution is 14.1. The maximum Gasteiger partial charge on any atom is 0.317 e. The van der Waals surface area contributed by atoms with E-state index in [1.54, 1.807) is 37.8 Å². The average molecular weight is 1600 g/mol. The zero-order valence-corrected chi connectivity index (χ0v) is 62.2. The Kier molecular flexibility index (Phi) is 36.4. The molecule has 0 aromatic heterocycles. The standard InChI is InChI=1S/C72H100IN17O17/c1-86-58(70(106)84-55(13-7-28-78-72(74)75)69(105)85-56(39-49-16-21-50-10-2-3-11-51(50)37-49)68(104)81-42-62(95)83-57(71(86)107)38-48-19-24-53(91)25-20-48)14-8-27-76-60(93)40-79-61(94)41-80-67(103)54(82-59(92)15-6-9-47-17-22-52(73)23-18-47)12-4-5-26-77-63(96)43-87-29-31-88(44-64(97)98)33-35-90(46-66(101)102)36-34-89(32-30-87)45-65(99)100/h2-3,10-11,16-25,37,54-58,91H,4-9,12-15,26-36,38-46H2,1H3,(H,76,93)(H,77,96)(H,79,94)(H,80,103)(H,81,104)(H,82,92)(H,83,95)(H,84,106)(H,85,105)(H,97,98)(H,99,100)(H,101,102)(H4,74,75,78)/t54?,55-,56-,57+,58+/m0/s1. The molecule has 0 radical (unpaired) electrons. The molecule has 4 aromatic carbocycles. The number of phenols is 1. The summed E-state index contributed by atoms with van der Waals surface area (Å²) in [6.45, 7) is -1.00. The Morgan fingerprint density at radius 2 is 1.09 bits per heavy atom. The molecule has 107 heavy (non-hydrogen) atoms. The molecule has 2 aliphatic rings. The van der Waals surface area contributed by atoms with Gasteiger partial charge in [0.05, 0.1) is 45.8 Å². The number of hydrogen-bond acceptors (Lipinski definition) is 19. The van der Waals surface area contributed by atoms with Crippen molar-refractivity contribution in [3.8, 4) is 5.75 Å². The molecule has 2 aliphatic heterocycles. The third-order valence-electron chi connectivity index (χ3n) is 17.9. The molecule has 2 saturated heterocycles. The first-order valence-electron chi connectivity index (χ1n) is 35.6. The Balaban J connectivity index is 1.07. The van der Waals surface area contributed by atoms with Gasteiger partial charge in [-0.1, -0.05) is 66.7 Å². The lowest BCUT2D eigenvalue weighted by atomic mass is 10.00. The Hall–Kier alpha value is -10.1. The molecule has 2 heterocycles. The number of aromatic hydroxyl groups is 1. The molecule has 2 fully saturated rings. The average Bonchev–Trinajstić information content (AvgIpc) is 1.07. The number of guanidine groups is 1. The summed E-state index contributed by atoms with van der Waals surface area (Å²) in [5, 5.41) is 64.7. The fourth-order valence-electron chi connectivity index (χ4n) is 12.1. The van der Waals surface area contributed by atoms with Crippen molar-refractivity contribution < 1.29 is 82.8 Å². The molecule has 0 saturated carbocycles. The summed E-state index contributed by atoms with van der Waals surface area (Å²) < 4.78 is 1.05. The number of carbonyl (C=O) groups excluding carboxylic acids is 10. The fraction of sp³-hybridized carbons (Fsp3) is 0.500. The van der Waals surface area contributed by atoms with Crippen LogP contribution < -0.4 is 59.3 Å². The number of rotatable bonds is 35. The second-order valence-corrected chi connectivity index (χ2v) is 27.6. The van der Waals surface area contributed by atoms with Crippen LogP contribution in [-0.2, 0) is 81.6 Å². The molecule has 582 valence electrons. The predicted molar refractivity (Wildman–Crippen MR) is 403 cm³/mol. The molecule has 0 bridgehead atoms. The van der Waals surface area contributed by atoms with E-state index in [0.29, 0.717) is 36.8 Å². The van der Waals surface area contributed by atoms with Crippen LogP contribution in [0.15, 0.2) is 96.0 Å². The smallest absolute Gasteiger partial charge is 0.317 e. The number of amides is 10. The van der Waals surface area contributed by atoms with Crippen LogP contribution in [0.25, 0.3) is 10.8 Å². The van der Waals surface area contributed by atoms with Crippen LogP contribution in [0.5, 0.6) is 5.75 Å². The quantitative estimate of drug-likeness (QED) is 0.0101. The number of aliphatic carboxylic acids is 3. The third kappa shape index (κ3) is 32.7. The van der Waals surface area contributed by atoms with E-state index >= 15 is 0 Å². The van der Waals surface area contributed by atoms with Gasteiger partial charge in [-0.15, -0.1) is 0 Å². The SMILES string of the molecule is CN1C(=O)[C@@H](Cc2ccc(O)cc2)NC(=O)CNC(=O)[C@H](Cc2ccc3ccccc3c2)NC(=O)[C@H](CCCN=C(N)N)NC(=O)[C@H]1CCCNC(=O)CNC(=O)CNC(=O)C(CCCCNC(=O)CN1CCN(CC(=O)O)CCN(CC(=O)O)CCN(CC(=O)O)CC1)NC(=O)CCCc1ccc(I)cc1. The van der Waals surface area contributed by atoms with Crippen LogP contribution in [0.4, 0.5) is 0 Å². The normalized spacial score (nSPS) is 18.2. The van der Waals surface area contributed by atoms with Gasteiger partial charge in [0.15, 0.2) is 5.96 Å². The van der Waals surface area contributed by atoms with Gasteiger partial charge < -0.3 is 84.6 Å². The summed E-state index contributed by atoms with van der Waals surface area (Å²) in [5.74, 6) is -10.3. The van der Waals surface area contributed by atoms with Gasteiger partial charge in [-0.25, -0.2) is 0 Å². The highest BCUT2D eigenvalue weighted by atomic mass is 127. The molecule has 6 rings (SSSR count). The lowest BCUT2D eigenvalue weighted by molar-refractivity contribution is -0.142. The van der Waals surface area contributed by atoms with Crippen molar-refractivity contribution >= 4 is 116 Å². The van der Waals surface area contributed by atoms with E-state index in [4.69, 9.17) is 11.5 Å². The van der Waals surface area contributed by atoms with Crippen molar-refractivity contribution in [1.29, 1.82) is 0 Å². The number of nitrogens with two attached hydrogens (primary N) is 2. The van der Waals surface area contributed by atoms with Gasteiger partial charge in [-0.3, -0.25) is 86.9 Å². The zero-order valence-electron chi connectivity index (χ0n) is 60.1. The largest absolute Gasteiger partial charge is 0.508 e. The van der Waals surface area contributed by atoms with Crippen molar-refractivity contribution in [3.05, 3.63) is 111 Å². The van der Waals surface area contributed by atoms with Gasteiger partial charge >= 0.3 is 17.9 Å². The molecule has 34 nitrogen and oxygen atoms in total. The van der Waals surface area contributed by atoms with Crippen molar-refractivity contribution in [1.82, 2.24) is 72.4 Å². The first-order valence-corrected chi connectivity index (χ1v) is 36.7. The van der Waals surface area contributed by atoms with E-state index < -0.39 is 121 Å². The Morgan fingerprint density at radius 1 is 0.551 bits per heavy atom. The highest BCUT2D eigenvalue weighted by Crippen LogP contribution is 2.20. The molecule has 5 atom stereocenters. The van der Waals surface area contributed by atoms with Crippen LogP contribution in [-0.4, -0.2) is 283 Å².